The number of hydrogen-bond donors (Lipinski definition) is 7. The van der Waals surface area contributed by atoms with Crippen molar-refractivity contribution in [3.8, 4) is 0 Å². The number of hydrogen-bond acceptors (Lipinski definition) is 9. The minimum atomic E-state index is -4.64. The molecule has 0 amide bonds. The van der Waals surface area contributed by atoms with Gasteiger partial charge in [-0.05, 0) is 6.42 Å². The van der Waals surface area contributed by atoms with Gasteiger partial charge in [0, 0.05) is 15.7 Å². The Morgan fingerprint density at radius 1 is 1.42 bits per heavy atom. The average molecular weight is 394 g/mol. The van der Waals surface area contributed by atoms with E-state index in [0.29, 0.717) is 27.6 Å². The number of rotatable bonds is 3. The molecular weight excluding hydrogens is 379 g/mol. The number of nitrogens with one attached hydrogen (secondary N) is 2. The molecule has 3 atom stereocenters. The van der Waals surface area contributed by atoms with Gasteiger partial charge in [0.1, 0.15) is 18.1 Å². The number of nitrogens with two attached hydrogens (primary N) is 1. The summed E-state index contributed by atoms with van der Waals surface area (Å²) in [6, 6.07) is 0. The van der Waals surface area contributed by atoms with Crippen molar-refractivity contribution in [2.24, 2.45) is 5.92 Å². The smallest absolute Gasteiger partial charge is 0.369 e. The molecule has 0 saturated heterocycles. The Morgan fingerprint density at radius 2 is 2.12 bits per heavy atom. The first-order valence-corrected chi connectivity index (χ1v) is 9.21. The molecule has 10 nitrogen and oxygen atoms in total. The third-order valence-corrected chi connectivity index (χ3v) is 5.49. The predicted octanol–water partition coefficient (Wildman–Crippen LogP) is -0.158. The van der Waals surface area contributed by atoms with Crippen LogP contribution in [0.15, 0.2) is 14.6 Å². The molecule has 1 aromatic rings. The highest BCUT2D eigenvalue weighted by Gasteiger charge is 2.40. The minimum absolute atomic E-state index is 0.0292. The molecule has 0 fully saturated rings. The summed E-state index contributed by atoms with van der Waals surface area (Å²) in [5, 5.41) is 2.96. The van der Waals surface area contributed by atoms with Crippen LogP contribution < -0.4 is 16.6 Å². The van der Waals surface area contributed by atoms with Crippen LogP contribution in [0.5, 0.6) is 0 Å². The number of aromatic nitrogens is 2. The quantitative estimate of drug-likeness (QED) is 0.273. The largest absolute Gasteiger partial charge is 0.469 e. The number of anilines is 2. The molecule has 132 valence electrons. The molecular formula is C11H15N4O6PS2. The first-order valence-electron chi connectivity index (χ1n) is 6.78. The Morgan fingerprint density at radius 3 is 2.79 bits per heavy atom. The predicted molar refractivity (Wildman–Crippen MR) is 91.7 cm³/mol. The van der Waals surface area contributed by atoms with Crippen LogP contribution >= 0.6 is 33.1 Å². The van der Waals surface area contributed by atoms with E-state index in [9.17, 15) is 9.36 Å². The van der Waals surface area contributed by atoms with Gasteiger partial charge in [-0.15, -0.1) is 25.3 Å². The monoisotopic (exact) mass is 394 g/mol. The number of nitrogen functional groups attached to an aromatic ring is 1. The van der Waals surface area contributed by atoms with Crippen LogP contribution in [0.1, 0.15) is 5.56 Å². The van der Waals surface area contributed by atoms with Gasteiger partial charge < -0.3 is 25.6 Å². The maximum Gasteiger partial charge on any atom is 0.469 e. The zero-order valence-corrected chi connectivity index (χ0v) is 14.7. The maximum absolute atomic E-state index is 12.0. The summed E-state index contributed by atoms with van der Waals surface area (Å²) in [7, 11) is -4.64. The molecule has 24 heavy (non-hydrogen) atoms. The average Bonchev–Trinajstić information content (AvgIpc) is 2.47. The summed E-state index contributed by atoms with van der Waals surface area (Å²) in [4.78, 5) is 37.0. The zero-order chi connectivity index (χ0) is 17.6. The Hall–Kier alpha value is -1.01. The van der Waals surface area contributed by atoms with Gasteiger partial charge in [-0.1, -0.05) is 0 Å². The van der Waals surface area contributed by atoms with E-state index < -0.39 is 26.8 Å². The normalized spacial score (nSPS) is 26.6. The van der Waals surface area contributed by atoms with Crippen LogP contribution in [-0.2, 0) is 20.2 Å². The number of phosphoric acid groups is 1. The van der Waals surface area contributed by atoms with Crippen LogP contribution in [0, 0.1) is 5.92 Å². The summed E-state index contributed by atoms with van der Waals surface area (Å²) >= 11 is 8.73. The molecule has 2 aliphatic rings. The van der Waals surface area contributed by atoms with Crippen LogP contribution in [-0.4, -0.2) is 38.7 Å². The van der Waals surface area contributed by atoms with E-state index in [2.05, 4.69) is 45.1 Å². The van der Waals surface area contributed by atoms with Crippen LogP contribution in [0.25, 0.3) is 0 Å². The summed E-state index contributed by atoms with van der Waals surface area (Å²) in [5.74, 6) is -0.0273. The topological polar surface area (TPSA) is 160 Å². The van der Waals surface area contributed by atoms with E-state index in [1.54, 1.807) is 0 Å². The van der Waals surface area contributed by atoms with Crippen molar-refractivity contribution in [1.82, 2.24) is 9.97 Å². The first-order chi connectivity index (χ1) is 11.2. The Bertz CT molecular complexity index is 808. The third kappa shape index (κ3) is 3.49. The second-order valence-electron chi connectivity index (χ2n) is 5.34. The van der Waals surface area contributed by atoms with Crippen molar-refractivity contribution >= 4 is 44.8 Å². The lowest BCUT2D eigenvalue weighted by molar-refractivity contribution is -0.0338. The van der Waals surface area contributed by atoms with Crippen molar-refractivity contribution in [2.75, 3.05) is 17.7 Å². The lowest BCUT2D eigenvalue weighted by atomic mass is 9.91. The van der Waals surface area contributed by atoms with Crippen molar-refractivity contribution in [1.29, 1.82) is 0 Å². The van der Waals surface area contributed by atoms with Crippen LogP contribution in [0.2, 0.25) is 0 Å². The molecule has 0 saturated carbocycles. The van der Waals surface area contributed by atoms with Gasteiger partial charge in [0.15, 0.2) is 0 Å². The summed E-state index contributed by atoms with van der Waals surface area (Å²) in [5.41, 5.74) is 5.61. The second-order valence-corrected chi connectivity index (χ2v) is 7.54. The second kappa shape index (κ2) is 6.37. The van der Waals surface area contributed by atoms with Crippen molar-refractivity contribution in [3.63, 3.8) is 0 Å². The fraction of sp³-hybridized carbons (Fsp3) is 0.455. The van der Waals surface area contributed by atoms with Crippen molar-refractivity contribution in [3.05, 3.63) is 25.7 Å². The SMILES string of the molecule is Nc1nc2c(c(=O)[nH]1)C[C@H]1C(S)=C(S)[C@@H](COP(=O)(O)O)O[C@H]1N2. The fourth-order valence-electron chi connectivity index (χ4n) is 2.63. The number of H-pyrrole nitrogens is 1. The molecule has 0 aromatic carbocycles. The summed E-state index contributed by atoms with van der Waals surface area (Å²) in [6.07, 6.45) is -1.12. The van der Waals surface area contributed by atoms with Gasteiger partial charge in [-0.2, -0.15) is 4.98 Å². The number of aromatic amines is 1. The lowest BCUT2D eigenvalue weighted by Gasteiger charge is -2.40. The van der Waals surface area contributed by atoms with Crippen LogP contribution in [0.3, 0.4) is 0 Å². The molecule has 0 aliphatic carbocycles. The highest BCUT2D eigenvalue weighted by Crippen LogP contribution is 2.42. The number of ether oxygens (including phenoxy) is 1. The molecule has 6 N–H and O–H groups in total. The van der Waals surface area contributed by atoms with Gasteiger partial charge in [0.05, 0.1) is 12.2 Å². The highest BCUT2D eigenvalue weighted by molar-refractivity contribution is 7.88. The van der Waals surface area contributed by atoms with E-state index in [4.69, 9.17) is 20.3 Å². The Balaban J connectivity index is 1.88. The van der Waals surface area contributed by atoms with Gasteiger partial charge in [-0.25, -0.2) is 4.57 Å². The third-order valence-electron chi connectivity index (χ3n) is 3.73. The van der Waals surface area contributed by atoms with Crippen molar-refractivity contribution in [2.45, 2.75) is 18.8 Å². The minimum Gasteiger partial charge on any atom is -0.369 e. The maximum atomic E-state index is 12.0. The highest BCUT2D eigenvalue weighted by atomic mass is 32.1. The number of nitrogens with zero attached hydrogens (tertiary/aromatic N) is 1. The summed E-state index contributed by atoms with van der Waals surface area (Å²) < 4.78 is 21.1. The van der Waals surface area contributed by atoms with Crippen LogP contribution in [0.4, 0.5) is 11.8 Å². The van der Waals surface area contributed by atoms with E-state index in [-0.39, 0.29) is 17.4 Å². The molecule has 3 rings (SSSR count). The van der Waals surface area contributed by atoms with Gasteiger partial charge in [0.2, 0.25) is 5.95 Å². The molecule has 0 bridgehead atoms. The molecule has 3 heterocycles. The molecule has 0 radical (unpaired) electrons. The number of phosphoric ester groups is 1. The number of fused-ring (bicyclic) bond motifs is 2. The fourth-order valence-corrected chi connectivity index (χ4v) is 3.64. The molecule has 1 aromatic heterocycles. The zero-order valence-electron chi connectivity index (χ0n) is 12.0. The lowest BCUT2D eigenvalue weighted by Crippen LogP contribution is -2.47. The van der Waals surface area contributed by atoms with E-state index >= 15 is 0 Å². The van der Waals surface area contributed by atoms with Crippen molar-refractivity contribution < 1.29 is 23.6 Å². The standard InChI is InChI=1S/C11H15N4O6PS2/c12-11-14-8-4(9(16)15-11)1-3-6(23)7(24)5(21-10(3)13-8)2-20-22(17,18)19/h3,5,10,23-24H,1-2H2,(H2,17,18,19)(H4,12,13,14,15,16)/t3-,5+,10+/m0/s1. The van der Waals surface area contributed by atoms with E-state index in [0.717, 1.165) is 0 Å². The Kier molecular flexibility index (Phi) is 4.73. The van der Waals surface area contributed by atoms with Gasteiger partial charge >= 0.3 is 7.82 Å². The molecule has 0 spiro atoms. The molecule has 2 aliphatic heterocycles. The number of thiol groups is 2. The molecule has 13 heteroatoms. The van der Waals surface area contributed by atoms with E-state index in [1.165, 1.54) is 0 Å². The van der Waals surface area contributed by atoms with Gasteiger partial charge in [-0.3, -0.25) is 14.3 Å². The first kappa shape index (κ1) is 17.8. The Labute approximate surface area is 146 Å². The van der Waals surface area contributed by atoms with E-state index in [1.807, 2.05) is 0 Å². The molecule has 0 unspecified atom stereocenters. The summed E-state index contributed by atoms with van der Waals surface area (Å²) in [6.45, 7) is -0.393. The van der Waals surface area contributed by atoms with Gasteiger partial charge in [0.25, 0.3) is 5.56 Å².